The Morgan fingerprint density at radius 3 is 2.43 bits per heavy atom. The number of nitrogens with one attached hydrogen (secondary N) is 1. The molecule has 3 N–H and O–H groups in total. The van der Waals surface area contributed by atoms with Gasteiger partial charge in [0.05, 0.1) is 0 Å². The van der Waals surface area contributed by atoms with Gasteiger partial charge in [-0.25, -0.2) is 9.59 Å². The van der Waals surface area contributed by atoms with Crippen LogP contribution >= 0.6 is 0 Å². The van der Waals surface area contributed by atoms with E-state index < -0.39 is 24.6 Å². The minimum Gasteiger partial charge on any atom is -0.450 e. The Balaban J connectivity index is 2.49. The SMILES string of the molecule is O=C(O)OC1CCCNC1OC(=O)O. The summed E-state index contributed by atoms with van der Waals surface area (Å²) in [6.45, 7) is 0.581. The van der Waals surface area contributed by atoms with Crippen LogP contribution in [0.5, 0.6) is 0 Å². The van der Waals surface area contributed by atoms with Crippen LogP contribution in [-0.4, -0.2) is 41.4 Å². The number of hydrogen-bond donors (Lipinski definition) is 3. The number of carbonyl (C=O) groups is 2. The molecule has 1 aliphatic rings. The first kappa shape index (κ1) is 10.6. The summed E-state index contributed by atoms with van der Waals surface area (Å²) in [5, 5.41) is 19.4. The lowest BCUT2D eigenvalue weighted by Gasteiger charge is -2.29. The Kier molecular flexibility index (Phi) is 3.52. The van der Waals surface area contributed by atoms with E-state index in [9.17, 15) is 9.59 Å². The van der Waals surface area contributed by atoms with Gasteiger partial charge in [0.2, 0.25) is 0 Å². The first-order valence-corrected chi connectivity index (χ1v) is 4.12. The highest BCUT2D eigenvalue weighted by molar-refractivity contribution is 5.58. The molecule has 1 rings (SSSR count). The molecule has 80 valence electrons. The van der Waals surface area contributed by atoms with E-state index in [0.29, 0.717) is 13.0 Å². The monoisotopic (exact) mass is 205 g/mol. The molecular formula is C7H11NO6. The lowest BCUT2D eigenvalue weighted by atomic mass is 10.1. The van der Waals surface area contributed by atoms with Crippen molar-refractivity contribution in [2.24, 2.45) is 0 Å². The van der Waals surface area contributed by atoms with Crippen molar-refractivity contribution in [3.05, 3.63) is 0 Å². The quantitative estimate of drug-likeness (QED) is 0.562. The number of piperidine rings is 1. The van der Waals surface area contributed by atoms with Gasteiger partial charge in [-0.1, -0.05) is 0 Å². The average Bonchev–Trinajstić information content (AvgIpc) is 2.06. The number of carboxylic acid groups (broad SMARTS) is 2. The van der Waals surface area contributed by atoms with Gasteiger partial charge in [-0.15, -0.1) is 0 Å². The fourth-order valence-electron chi connectivity index (χ4n) is 1.31. The Morgan fingerprint density at radius 1 is 1.21 bits per heavy atom. The summed E-state index contributed by atoms with van der Waals surface area (Å²) >= 11 is 0. The average molecular weight is 205 g/mol. The minimum atomic E-state index is -1.46. The van der Waals surface area contributed by atoms with Gasteiger partial charge in [-0.05, 0) is 19.4 Å². The molecule has 0 saturated carbocycles. The topological polar surface area (TPSA) is 105 Å². The van der Waals surface area contributed by atoms with Crippen molar-refractivity contribution in [2.75, 3.05) is 6.54 Å². The normalized spacial score (nSPS) is 26.6. The van der Waals surface area contributed by atoms with Gasteiger partial charge in [0.25, 0.3) is 0 Å². The molecule has 0 radical (unpaired) electrons. The standard InChI is InChI=1S/C7H11NO6/c9-6(10)13-4-2-1-3-8-5(4)14-7(11)12/h4-5,8H,1-3H2,(H,9,10)(H,11,12). The molecule has 1 aliphatic heterocycles. The van der Waals surface area contributed by atoms with Crippen LogP contribution in [-0.2, 0) is 9.47 Å². The summed E-state index contributed by atoms with van der Waals surface area (Å²) in [5.41, 5.74) is 0. The van der Waals surface area contributed by atoms with Crippen LogP contribution in [0.15, 0.2) is 0 Å². The van der Waals surface area contributed by atoms with Gasteiger partial charge in [0.15, 0.2) is 12.3 Å². The van der Waals surface area contributed by atoms with Crippen molar-refractivity contribution in [1.82, 2.24) is 5.32 Å². The predicted octanol–water partition coefficient (Wildman–Crippen LogP) is 0.454. The molecule has 2 unspecified atom stereocenters. The second-order valence-corrected chi connectivity index (χ2v) is 2.82. The molecule has 1 fully saturated rings. The van der Waals surface area contributed by atoms with E-state index in [0.717, 1.165) is 6.42 Å². The molecule has 0 aromatic heterocycles. The highest BCUT2D eigenvalue weighted by atomic mass is 16.7. The lowest BCUT2D eigenvalue weighted by Crippen LogP contribution is -2.49. The van der Waals surface area contributed by atoms with Crippen LogP contribution in [0, 0.1) is 0 Å². The van der Waals surface area contributed by atoms with Crippen molar-refractivity contribution >= 4 is 12.3 Å². The molecule has 0 aromatic carbocycles. The third-order valence-electron chi connectivity index (χ3n) is 1.83. The fourth-order valence-corrected chi connectivity index (χ4v) is 1.31. The summed E-state index contributed by atoms with van der Waals surface area (Å²) in [5.74, 6) is 0. The summed E-state index contributed by atoms with van der Waals surface area (Å²) in [6, 6.07) is 0. The Labute approximate surface area is 79.6 Å². The maximum Gasteiger partial charge on any atom is 0.507 e. The first-order valence-electron chi connectivity index (χ1n) is 4.12. The van der Waals surface area contributed by atoms with Crippen molar-refractivity contribution < 1.29 is 29.3 Å². The van der Waals surface area contributed by atoms with E-state index in [1.54, 1.807) is 0 Å². The summed E-state index contributed by atoms with van der Waals surface area (Å²) in [6.07, 6.45) is -3.38. The summed E-state index contributed by atoms with van der Waals surface area (Å²) in [4.78, 5) is 20.5. The number of rotatable bonds is 2. The third kappa shape index (κ3) is 3.09. The van der Waals surface area contributed by atoms with Gasteiger partial charge in [-0.3, -0.25) is 5.32 Å². The van der Waals surface area contributed by atoms with Gasteiger partial charge >= 0.3 is 12.3 Å². The van der Waals surface area contributed by atoms with E-state index >= 15 is 0 Å². The van der Waals surface area contributed by atoms with Crippen LogP contribution in [0.3, 0.4) is 0 Å². The van der Waals surface area contributed by atoms with Crippen molar-refractivity contribution in [2.45, 2.75) is 25.2 Å². The molecule has 14 heavy (non-hydrogen) atoms. The molecule has 2 atom stereocenters. The maximum atomic E-state index is 10.2. The molecular weight excluding hydrogens is 194 g/mol. The maximum absolute atomic E-state index is 10.2. The summed E-state index contributed by atoms with van der Waals surface area (Å²) in [7, 11) is 0. The van der Waals surface area contributed by atoms with Gasteiger partial charge in [0.1, 0.15) is 0 Å². The van der Waals surface area contributed by atoms with E-state index in [-0.39, 0.29) is 0 Å². The van der Waals surface area contributed by atoms with Crippen LogP contribution in [0.4, 0.5) is 9.59 Å². The van der Waals surface area contributed by atoms with E-state index in [2.05, 4.69) is 14.8 Å². The molecule has 0 bridgehead atoms. The zero-order valence-corrected chi connectivity index (χ0v) is 7.30. The van der Waals surface area contributed by atoms with Crippen LogP contribution in [0.2, 0.25) is 0 Å². The Bertz CT molecular complexity index is 206. The van der Waals surface area contributed by atoms with Crippen LogP contribution < -0.4 is 5.32 Å². The zero-order valence-electron chi connectivity index (χ0n) is 7.30. The third-order valence-corrected chi connectivity index (χ3v) is 1.83. The second-order valence-electron chi connectivity index (χ2n) is 2.82. The number of hydrogen-bond acceptors (Lipinski definition) is 5. The molecule has 0 aromatic rings. The van der Waals surface area contributed by atoms with Crippen molar-refractivity contribution in [1.29, 1.82) is 0 Å². The van der Waals surface area contributed by atoms with Crippen molar-refractivity contribution in [3.8, 4) is 0 Å². The largest absolute Gasteiger partial charge is 0.507 e. The van der Waals surface area contributed by atoms with E-state index in [4.69, 9.17) is 10.2 Å². The summed E-state index contributed by atoms with van der Waals surface area (Å²) < 4.78 is 8.89. The minimum absolute atomic E-state index is 0.456. The molecule has 0 spiro atoms. The second kappa shape index (κ2) is 4.66. The van der Waals surface area contributed by atoms with Gasteiger partial charge in [0, 0.05) is 0 Å². The number of ether oxygens (including phenoxy) is 2. The van der Waals surface area contributed by atoms with E-state index in [1.165, 1.54) is 0 Å². The lowest BCUT2D eigenvalue weighted by molar-refractivity contribution is -0.0673. The first-order chi connectivity index (χ1) is 6.59. The van der Waals surface area contributed by atoms with Crippen LogP contribution in [0.1, 0.15) is 12.8 Å². The van der Waals surface area contributed by atoms with Crippen LogP contribution in [0.25, 0.3) is 0 Å². The molecule has 1 heterocycles. The van der Waals surface area contributed by atoms with Gasteiger partial charge in [-0.2, -0.15) is 0 Å². The molecule has 0 amide bonds. The predicted molar refractivity (Wildman–Crippen MR) is 43.0 cm³/mol. The Morgan fingerprint density at radius 2 is 1.86 bits per heavy atom. The highest BCUT2D eigenvalue weighted by Crippen LogP contribution is 2.14. The molecule has 1 saturated heterocycles. The fraction of sp³-hybridized carbons (Fsp3) is 0.714. The smallest absolute Gasteiger partial charge is 0.450 e. The zero-order chi connectivity index (χ0) is 10.6. The highest BCUT2D eigenvalue weighted by Gasteiger charge is 2.31. The Hall–Kier alpha value is -1.50. The molecule has 7 nitrogen and oxygen atoms in total. The van der Waals surface area contributed by atoms with Gasteiger partial charge < -0.3 is 19.7 Å². The molecule has 7 heteroatoms. The molecule has 0 aliphatic carbocycles. The van der Waals surface area contributed by atoms with E-state index in [1.807, 2.05) is 0 Å². The van der Waals surface area contributed by atoms with Crippen molar-refractivity contribution in [3.63, 3.8) is 0 Å².